The molecule has 0 radical (unpaired) electrons. The minimum absolute atomic E-state index is 0.0467. The van der Waals surface area contributed by atoms with Crippen molar-refractivity contribution in [2.24, 2.45) is 0 Å². The Morgan fingerprint density at radius 3 is 2.33 bits per heavy atom. The summed E-state index contributed by atoms with van der Waals surface area (Å²) in [5, 5.41) is 0.355. The predicted octanol–water partition coefficient (Wildman–Crippen LogP) is 2.90. The van der Waals surface area contributed by atoms with E-state index in [2.05, 4.69) is 0 Å². The molecule has 0 saturated heterocycles. The van der Waals surface area contributed by atoms with Gasteiger partial charge in [-0.2, -0.15) is 0 Å². The average Bonchev–Trinajstić information content (AvgIpc) is 2.33. The number of sulfone groups is 1. The van der Waals surface area contributed by atoms with Gasteiger partial charge in [0.15, 0.2) is 9.84 Å². The van der Waals surface area contributed by atoms with E-state index in [1.165, 1.54) is 18.2 Å². The van der Waals surface area contributed by atoms with Crippen LogP contribution in [0.3, 0.4) is 0 Å². The van der Waals surface area contributed by atoms with E-state index in [1.54, 1.807) is 24.3 Å². The Bertz CT molecular complexity index is 654. The van der Waals surface area contributed by atoms with Gasteiger partial charge in [0.2, 0.25) is 0 Å². The molecular formula is C13H12ClNO2S. The van der Waals surface area contributed by atoms with Gasteiger partial charge in [0.25, 0.3) is 0 Å². The molecule has 2 aromatic rings. The van der Waals surface area contributed by atoms with Gasteiger partial charge in [-0.1, -0.05) is 41.9 Å². The maximum Gasteiger partial charge on any atom is 0.182 e. The normalized spacial score (nSPS) is 11.4. The van der Waals surface area contributed by atoms with Gasteiger partial charge >= 0.3 is 0 Å². The fourth-order valence-electron chi connectivity index (χ4n) is 1.59. The van der Waals surface area contributed by atoms with Crippen molar-refractivity contribution < 1.29 is 8.42 Å². The molecule has 0 atom stereocenters. The van der Waals surface area contributed by atoms with E-state index >= 15 is 0 Å². The second-order valence-electron chi connectivity index (χ2n) is 3.93. The minimum atomic E-state index is -3.39. The molecule has 2 rings (SSSR count). The zero-order valence-electron chi connectivity index (χ0n) is 9.51. The highest BCUT2D eigenvalue weighted by Gasteiger charge is 2.16. The van der Waals surface area contributed by atoms with Crippen LogP contribution in [0.4, 0.5) is 5.69 Å². The molecule has 5 heteroatoms. The SMILES string of the molecule is Nc1cc(S(=O)(=O)Cc2ccccc2)ccc1Cl. The Morgan fingerprint density at radius 2 is 1.72 bits per heavy atom. The van der Waals surface area contributed by atoms with E-state index < -0.39 is 9.84 Å². The quantitative estimate of drug-likeness (QED) is 0.880. The van der Waals surface area contributed by atoms with Crippen molar-refractivity contribution in [1.29, 1.82) is 0 Å². The molecule has 94 valence electrons. The van der Waals surface area contributed by atoms with Crippen molar-refractivity contribution in [3.05, 3.63) is 59.1 Å². The molecule has 0 heterocycles. The van der Waals surface area contributed by atoms with Gasteiger partial charge in [-0.3, -0.25) is 0 Å². The van der Waals surface area contributed by atoms with Gasteiger partial charge in [0.05, 0.1) is 21.4 Å². The molecule has 0 aromatic heterocycles. The van der Waals surface area contributed by atoms with Crippen molar-refractivity contribution in [2.45, 2.75) is 10.6 Å². The largest absolute Gasteiger partial charge is 0.397 e. The maximum absolute atomic E-state index is 12.2. The first-order valence-electron chi connectivity index (χ1n) is 5.31. The number of anilines is 1. The molecule has 18 heavy (non-hydrogen) atoms. The Morgan fingerprint density at radius 1 is 1.06 bits per heavy atom. The number of rotatable bonds is 3. The predicted molar refractivity (Wildman–Crippen MR) is 73.2 cm³/mol. The first-order valence-corrected chi connectivity index (χ1v) is 7.34. The van der Waals surface area contributed by atoms with Crippen LogP contribution in [0.5, 0.6) is 0 Å². The summed E-state index contributed by atoms with van der Waals surface area (Å²) >= 11 is 5.77. The molecule has 0 saturated carbocycles. The Labute approximate surface area is 111 Å². The molecule has 0 aliphatic rings. The summed E-state index contributed by atoms with van der Waals surface area (Å²) in [5.41, 5.74) is 6.63. The number of halogens is 1. The number of hydrogen-bond donors (Lipinski definition) is 1. The van der Waals surface area contributed by atoms with Crippen molar-refractivity contribution in [2.75, 3.05) is 5.73 Å². The van der Waals surface area contributed by atoms with E-state index in [-0.39, 0.29) is 16.3 Å². The fourth-order valence-corrected chi connectivity index (χ4v) is 3.09. The van der Waals surface area contributed by atoms with E-state index in [4.69, 9.17) is 17.3 Å². The van der Waals surface area contributed by atoms with Gasteiger partial charge < -0.3 is 5.73 Å². The third-order valence-electron chi connectivity index (χ3n) is 2.53. The molecule has 0 aliphatic carbocycles. The highest BCUT2D eigenvalue weighted by atomic mass is 35.5. The Kier molecular flexibility index (Phi) is 3.59. The molecule has 2 N–H and O–H groups in total. The lowest BCUT2D eigenvalue weighted by atomic mass is 10.2. The van der Waals surface area contributed by atoms with Crippen molar-refractivity contribution >= 4 is 27.1 Å². The molecule has 0 aliphatic heterocycles. The van der Waals surface area contributed by atoms with E-state index in [0.717, 1.165) is 5.56 Å². The van der Waals surface area contributed by atoms with Crippen LogP contribution >= 0.6 is 11.6 Å². The third kappa shape index (κ3) is 2.83. The summed E-state index contributed by atoms with van der Waals surface area (Å²) in [6, 6.07) is 13.4. The zero-order valence-corrected chi connectivity index (χ0v) is 11.1. The summed E-state index contributed by atoms with van der Waals surface area (Å²) < 4.78 is 24.3. The van der Waals surface area contributed by atoms with Crippen LogP contribution in [-0.4, -0.2) is 8.42 Å². The lowest BCUT2D eigenvalue weighted by molar-refractivity contribution is 0.595. The average molecular weight is 282 g/mol. The fraction of sp³-hybridized carbons (Fsp3) is 0.0769. The van der Waals surface area contributed by atoms with Gasteiger partial charge in [-0.15, -0.1) is 0 Å². The van der Waals surface area contributed by atoms with E-state index in [1.807, 2.05) is 6.07 Å². The first kappa shape index (κ1) is 12.9. The molecule has 0 amide bonds. The standard InChI is InChI=1S/C13H12ClNO2S/c14-12-7-6-11(8-13(12)15)18(16,17)9-10-4-2-1-3-5-10/h1-8H,9,15H2. The highest BCUT2D eigenvalue weighted by Crippen LogP contribution is 2.24. The van der Waals surface area contributed by atoms with E-state index in [0.29, 0.717) is 5.02 Å². The van der Waals surface area contributed by atoms with Crippen LogP contribution in [0.15, 0.2) is 53.4 Å². The minimum Gasteiger partial charge on any atom is -0.397 e. The summed E-state index contributed by atoms with van der Waals surface area (Å²) in [5.74, 6) is -0.0467. The van der Waals surface area contributed by atoms with Crippen LogP contribution in [-0.2, 0) is 15.6 Å². The second-order valence-corrected chi connectivity index (χ2v) is 6.32. The molecule has 0 bridgehead atoms. The zero-order chi connectivity index (χ0) is 13.2. The first-order chi connectivity index (χ1) is 8.49. The van der Waals surface area contributed by atoms with Gasteiger partial charge in [0, 0.05) is 0 Å². The topological polar surface area (TPSA) is 60.2 Å². The summed E-state index contributed by atoms with van der Waals surface area (Å²) in [4.78, 5) is 0.188. The summed E-state index contributed by atoms with van der Waals surface area (Å²) in [6.07, 6.45) is 0. The van der Waals surface area contributed by atoms with E-state index in [9.17, 15) is 8.42 Å². The van der Waals surface area contributed by atoms with Crippen LogP contribution < -0.4 is 5.73 Å². The Hall–Kier alpha value is -1.52. The number of nitrogen functional groups attached to an aromatic ring is 1. The maximum atomic E-state index is 12.2. The van der Waals surface area contributed by atoms with Crippen LogP contribution in [0, 0.1) is 0 Å². The van der Waals surface area contributed by atoms with Crippen LogP contribution in [0.2, 0.25) is 5.02 Å². The van der Waals surface area contributed by atoms with Gasteiger partial charge in [-0.25, -0.2) is 8.42 Å². The van der Waals surface area contributed by atoms with Crippen LogP contribution in [0.1, 0.15) is 5.56 Å². The van der Waals surface area contributed by atoms with Crippen molar-refractivity contribution in [3.63, 3.8) is 0 Å². The molecule has 0 fully saturated rings. The van der Waals surface area contributed by atoms with Crippen molar-refractivity contribution in [1.82, 2.24) is 0 Å². The van der Waals surface area contributed by atoms with Gasteiger partial charge in [-0.05, 0) is 23.8 Å². The van der Waals surface area contributed by atoms with Crippen LogP contribution in [0.25, 0.3) is 0 Å². The molecular weight excluding hydrogens is 270 g/mol. The monoisotopic (exact) mass is 281 g/mol. The number of hydrogen-bond acceptors (Lipinski definition) is 3. The highest BCUT2D eigenvalue weighted by molar-refractivity contribution is 7.90. The van der Waals surface area contributed by atoms with Crippen molar-refractivity contribution in [3.8, 4) is 0 Å². The molecule has 3 nitrogen and oxygen atoms in total. The Balaban J connectivity index is 2.34. The molecule has 0 unspecified atom stereocenters. The number of benzene rings is 2. The lowest BCUT2D eigenvalue weighted by Gasteiger charge is -2.06. The molecule has 0 spiro atoms. The third-order valence-corrected chi connectivity index (χ3v) is 4.56. The summed E-state index contributed by atoms with van der Waals surface area (Å²) in [7, 11) is -3.39. The van der Waals surface area contributed by atoms with Gasteiger partial charge in [0.1, 0.15) is 0 Å². The lowest BCUT2D eigenvalue weighted by Crippen LogP contribution is -2.05. The molecule has 2 aromatic carbocycles. The second kappa shape index (κ2) is 5.00. The number of nitrogens with two attached hydrogens (primary N) is 1. The summed E-state index contributed by atoms with van der Waals surface area (Å²) in [6.45, 7) is 0. The smallest absolute Gasteiger partial charge is 0.182 e.